The number of ether oxygens (including phenoxy) is 1. The van der Waals surface area contributed by atoms with E-state index in [0.717, 1.165) is 12.8 Å². The van der Waals surface area contributed by atoms with Gasteiger partial charge in [0.25, 0.3) is 0 Å². The van der Waals surface area contributed by atoms with E-state index in [-0.39, 0.29) is 6.10 Å². The van der Waals surface area contributed by atoms with Crippen molar-refractivity contribution in [3.63, 3.8) is 0 Å². The lowest BCUT2D eigenvalue weighted by atomic mass is 9.75. The molecule has 2 unspecified atom stereocenters. The summed E-state index contributed by atoms with van der Waals surface area (Å²) in [4.78, 5) is 12.4. The SMILES string of the molecule is [2H]C(C(=O)O[C@H]1C[C@@H](C)CC[C@@H]1C(C)C)C([2H])c1ccccc1. The minimum Gasteiger partial charge on any atom is -0.462 e. The van der Waals surface area contributed by atoms with E-state index in [9.17, 15) is 4.79 Å². The van der Waals surface area contributed by atoms with E-state index in [1.54, 1.807) is 12.1 Å². The van der Waals surface area contributed by atoms with Gasteiger partial charge in [0.2, 0.25) is 0 Å². The van der Waals surface area contributed by atoms with Crippen LogP contribution >= 0.6 is 0 Å². The van der Waals surface area contributed by atoms with Crippen LogP contribution in [0.5, 0.6) is 0 Å². The number of rotatable bonds is 5. The molecule has 2 rings (SSSR count). The molecule has 2 nitrogen and oxygen atoms in total. The van der Waals surface area contributed by atoms with Crippen molar-refractivity contribution in [3.05, 3.63) is 35.9 Å². The molecule has 0 heterocycles. The molecule has 1 saturated carbocycles. The molecule has 0 aromatic heterocycles. The van der Waals surface area contributed by atoms with Gasteiger partial charge in [0.05, 0.1) is 0 Å². The van der Waals surface area contributed by atoms with Crippen LogP contribution in [0.3, 0.4) is 0 Å². The summed E-state index contributed by atoms with van der Waals surface area (Å²) in [6.45, 7) is 6.51. The standard InChI is InChI=1S/C19H28O2/c1-14(2)17-11-9-15(3)13-18(17)21-19(20)12-10-16-7-5-4-6-8-16/h4-8,14-15,17-18H,9-13H2,1-3H3/t15-,17+,18-/m0/s1/i10D,12D/t10?,12?,15-,17+,18-. The molecule has 2 heteroatoms. The molecule has 21 heavy (non-hydrogen) atoms. The fourth-order valence-electron chi connectivity index (χ4n) is 3.17. The second-order valence-electron chi connectivity index (χ2n) is 6.55. The topological polar surface area (TPSA) is 26.3 Å². The lowest BCUT2D eigenvalue weighted by molar-refractivity contribution is -0.155. The molecule has 1 aliphatic rings. The lowest BCUT2D eigenvalue weighted by Gasteiger charge is -2.36. The Balaban J connectivity index is 2.01. The number of esters is 1. The molecule has 0 saturated heterocycles. The van der Waals surface area contributed by atoms with E-state index in [0.29, 0.717) is 23.3 Å². The van der Waals surface area contributed by atoms with Gasteiger partial charge < -0.3 is 4.74 Å². The molecule has 0 spiro atoms. The third kappa shape index (κ3) is 4.87. The first-order valence-corrected chi connectivity index (χ1v) is 8.00. The van der Waals surface area contributed by atoms with Gasteiger partial charge >= 0.3 is 5.97 Å². The zero-order chi connectivity index (χ0) is 17.0. The second kappa shape index (κ2) is 7.63. The first kappa shape index (κ1) is 13.4. The Labute approximate surface area is 131 Å². The van der Waals surface area contributed by atoms with Crippen molar-refractivity contribution in [2.24, 2.45) is 17.8 Å². The van der Waals surface area contributed by atoms with Gasteiger partial charge in [-0.3, -0.25) is 4.79 Å². The van der Waals surface area contributed by atoms with Gasteiger partial charge in [-0.1, -0.05) is 57.5 Å². The Hall–Kier alpha value is -1.31. The van der Waals surface area contributed by atoms with E-state index >= 15 is 0 Å². The monoisotopic (exact) mass is 290 g/mol. The minimum atomic E-state index is -1.19. The minimum absolute atomic E-state index is 0.109. The van der Waals surface area contributed by atoms with E-state index in [2.05, 4.69) is 20.8 Å². The summed E-state index contributed by atoms with van der Waals surface area (Å²) in [7, 11) is 0. The molecule has 1 aromatic rings. The average molecular weight is 290 g/mol. The molecule has 0 N–H and O–H groups in total. The molecule has 1 fully saturated rings. The zero-order valence-corrected chi connectivity index (χ0v) is 13.3. The smallest absolute Gasteiger partial charge is 0.306 e. The first-order chi connectivity index (χ1) is 10.9. The number of carbonyl (C=O) groups excluding carboxylic acids is 1. The van der Waals surface area contributed by atoms with E-state index in [4.69, 9.17) is 7.48 Å². The summed E-state index contributed by atoms with van der Waals surface area (Å²) >= 11 is 0. The Morgan fingerprint density at radius 1 is 1.33 bits per heavy atom. The average Bonchev–Trinajstić information content (AvgIpc) is 2.54. The fraction of sp³-hybridized carbons (Fsp3) is 0.632. The molecule has 0 aliphatic heterocycles. The van der Waals surface area contributed by atoms with Crippen LogP contribution in [-0.2, 0) is 15.9 Å². The normalized spacial score (nSPS) is 30.2. The summed E-state index contributed by atoms with van der Waals surface area (Å²) in [5, 5.41) is 0. The first-order valence-electron chi connectivity index (χ1n) is 9.15. The molecule has 0 radical (unpaired) electrons. The quantitative estimate of drug-likeness (QED) is 0.739. The fourth-order valence-corrected chi connectivity index (χ4v) is 3.17. The molecule has 116 valence electrons. The molecule has 0 bridgehead atoms. The number of hydrogen-bond acceptors (Lipinski definition) is 2. The molecule has 1 aliphatic carbocycles. The van der Waals surface area contributed by atoms with Gasteiger partial charge in [0, 0.05) is 9.14 Å². The maximum atomic E-state index is 12.4. The Morgan fingerprint density at radius 3 is 2.71 bits per heavy atom. The van der Waals surface area contributed by atoms with E-state index in [1.807, 2.05) is 18.2 Å². The number of hydrogen-bond donors (Lipinski definition) is 0. The number of carbonyl (C=O) groups is 1. The highest BCUT2D eigenvalue weighted by molar-refractivity contribution is 5.70. The van der Waals surface area contributed by atoms with Crippen molar-refractivity contribution in [3.8, 4) is 0 Å². The van der Waals surface area contributed by atoms with Crippen LogP contribution in [0.4, 0.5) is 0 Å². The largest absolute Gasteiger partial charge is 0.462 e. The Bertz CT molecular complexity index is 503. The highest BCUT2D eigenvalue weighted by atomic mass is 16.5. The summed E-state index contributed by atoms with van der Waals surface area (Å²) in [6.07, 6.45) is 0.913. The summed E-state index contributed by atoms with van der Waals surface area (Å²) in [5.74, 6) is 0.820. The third-order valence-electron chi connectivity index (χ3n) is 4.44. The van der Waals surface area contributed by atoms with Crippen LogP contribution < -0.4 is 0 Å². The third-order valence-corrected chi connectivity index (χ3v) is 4.44. The van der Waals surface area contributed by atoms with E-state index in [1.165, 1.54) is 6.42 Å². The van der Waals surface area contributed by atoms with Crippen LogP contribution in [0.25, 0.3) is 0 Å². The molecule has 1 aromatic carbocycles. The van der Waals surface area contributed by atoms with Gasteiger partial charge in [-0.15, -0.1) is 0 Å². The van der Waals surface area contributed by atoms with Crippen molar-refractivity contribution in [2.45, 2.75) is 58.9 Å². The predicted octanol–water partition coefficient (Wildman–Crippen LogP) is 4.62. The highest BCUT2D eigenvalue weighted by Crippen LogP contribution is 2.35. The van der Waals surface area contributed by atoms with Crippen molar-refractivity contribution >= 4 is 5.97 Å². The van der Waals surface area contributed by atoms with Gasteiger partial charge in [-0.25, -0.2) is 0 Å². The number of aryl methyl sites for hydroxylation is 1. The zero-order valence-electron chi connectivity index (χ0n) is 15.3. The molecule has 5 atom stereocenters. The van der Waals surface area contributed by atoms with Gasteiger partial charge in [0.15, 0.2) is 0 Å². The number of benzene rings is 1. The molecular weight excluding hydrogens is 260 g/mol. The Morgan fingerprint density at radius 2 is 2.05 bits per heavy atom. The maximum Gasteiger partial charge on any atom is 0.306 e. The highest BCUT2D eigenvalue weighted by Gasteiger charge is 2.33. The summed E-state index contributed by atoms with van der Waals surface area (Å²) < 4.78 is 21.9. The summed E-state index contributed by atoms with van der Waals surface area (Å²) in [6, 6.07) is 9.08. The maximum absolute atomic E-state index is 12.4. The van der Waals surface area contributed by atoms with Crippen LogP contribution in [-0.4, -0.2) is 12.1 Å². The van der Waals surface area contributed by atoms with Gasteiger partial charge in [0.1, 0.15) is 6.10 Å². The van der Waals surface area contributed by atoms with Gasteiger partial charge in [-0.2, -0.15) is 0 Å². The molecule has 0 amide bonds. The van der Waals surface area contributed by atoms with Crippen molar-refractivity contribution in [1.29, 1.82) is 0 Å². The van der Waals surface area contributed by atoms with Gasteiger partial charge in [-0.05, 0) is 42.6 Å². The lowest BCUT2D eigenvalue weighted by Crippen LogP contribution is -2.35. The van der Waals surface area contributed by atoms with Crippen LogP contribution in [0.15, 0.2) is 30.3 Å². The van der Waals surface area contributed by atoms with E-state index < -0.39 is 18.8 Å². The van der Waals surface area contributed by atoms with Crippen LogP contribution in [0.1, 0.15) is 54.7 Å². The van der Waals surface area contributed by atoms with Crippen molar-refractivity contribution in [2.75, 3.05) is 0 Å². The second-order valence-corrected chi connectivity index (χ2v) is 6.55. The summed E-state index contributed by atoms with van der Waals surface area (Å²) in [5.41, 5.74) is 0.682. The molecular formula is C19H28O2. The Kier molecular flexibility index (Phi) is 4.85. The van der Waals surface area contributed by atoms with Crippen molar-refractivity contribution < 1.29 is 12.3 Å². The predicted molar refractivity (Wildman–Crippen MR) is 86.0 cm³/mol. The van der Waals surface area contributed by atoms with Crippen LogP contribution in [0.2, 0.25) is 0 Å². The van der Waals surface area contributed by atoms with Crippen LogP contribution in [0, 0.1) is 17.8 Å². The van der Waals surface area contributed by atoms with Crippen molar-refractivity contribution in [1.82, 2.24) is 0 Å².